The largest absolute Gasteiger partial charge is 0.456 e. The number of rotatable bonds is 5. The summed E-state index contributed by atoms with van der Waals surface area (Å²) in [6, 6.07) is 77.6. The van der Waals surface area contributed by atoms with Gasteiger partial charge in [0.15, 0.2) is 0 Å². The normalized spacial score (nSPS) is 13.1. The zero-order valence-corrected chi connectivity index (χ0v) is 31.1. The molecule has 12 rings (SSSR count). The Bertz CT molecular complexity index is 3260. The first-order chi connectivity index (χ1) is 28.3. The zero-order valence-electron chi connectivity index (χ0n) is 31.1. The van der Waals surface area contributed by atoms with Crippen LogP contribution in [0.2, 0.25) is 0 Å². The van der Waals surface area contributed by atoms with Crippen molar-refractivity contribution in [2.75, 3.05) is 0 Å². The van der Waals surface area contributed by atoms with Gasteiger partial charge in [0, 0.05) is 27.2 Å². The summed E-state index contributed by atoms with van der Waals surface area (Å²) >= 11 is 0. The number of fused-ring (bicyclic) bond motifs is 9. The van der Waals surface area contributed by atoms with Gasteiger partial charge in [-0.1, -0.05) is 158 Å². The molecule has 0 fully saturated rings. The average molecular weight is 726 g/mol. The van der Waals surface area contributed by atoms with Crippen molar-refractivity contribution >= 4 is 43.7 Å². The highest BCUT2D eigenvalue weighted by Crippen LogP contribution is 2.57. The van der Waals surface area contributed by atoms with Gasteiger partial charge in [-0.05, 0) is 110 Å². The summed E-state index contributed by atoms with van der Waals surface area (Å²) < 4.78 is 9.00. The van der Waals surface area contributed by atoms with Crippen molar-refractivity contribution in [2.45, 2.75) is 5.41 Å². The fraction of sp³-hybridized carbons (Fsp3) is 0.0182. The Hall–Kier alpha value is -7.42. The minimum Gasteiger partial charge on any atom is -0.456 e. The van der Waals surface area contributed by atoms with Gasteiger partial charge < -0.3 is 8.98 Å². The average Bonchev–Trinajstić information content (AvgIpc) is 3.93. The van der Waals surface area contributed by atoms with Crippen LogP contribution < -0.4 is 0 Å². The lowest BCUT2D eigenvalue weighted by atomic mass is 9.67. The van der Waals surface area contributed by atoms with Crippen LogP contribution in [0, 0.1) is 0 Å². The highest BCUT2D eigenvalue weighted by atomic mass is 16.3. The van der Waals surface area contributed by atoms with Gasteiger partial charge in [0.2, 0.25) is 0 Å². The fourth-order valence-corrected chi connectivity index (χ4v) is 9.80. The van der Waals surface area contributed by atoms with Crippen LogP contribution in [-0.4, -0.2) is 4.57 Å². The molecule has 1 aliphatic carbocycles. The second-order valence-electron chi connectivity index (χ2n) is 15.2. The number of hydrogen-bond acceptors (Lipinski definition) is 1. The Morgan fingerprint density at radius 1 is 0.333 bits per heavy atom. The van der Waals surface area contributed by atoms with Gasteiger partial charge >= 0.3 is 0 Å². The Balaban J connectivity index is 1.10. The molecule has 0 unspecified atom stereocenters. The van der Waals surface area contributed by atoms with E-state index in [-0.39, 0.29) is 0 Å². The molecule has 0 aliphatic heterocycles. The third-order valence-electron chi connectivity index (χ3n) is 12.3. The van der Waals surface area contributed by atoms with E-state index in [1.54, 1.807) is 0 Å². The molecule has 0 saturated carbocycles. The number of aromatic nitrogens is 1. The SMILES string of the molecule is c1ccc(-c2cccc(-c3cccc(C4(c5ccc6oc7ccc(-n8c9ccccc9c9ccccc98)cc7c6c5)c5ccccc5-c5ccccc54)c3)c2)cc1. The lowest BCUT2D eigenvalue weighted by Crippen LogP contribution is -2.28. The van der Waals surface area contributed by atoms with Crippen molar-refractivity contribution in [1.29, 1.82) is 0 Å². The summed E-state index contributed by atoms with van der Waals surface area (Å²) in [5, 5.41) is 4.72. The van der Waals surface area contributed by atoms with E-state index in [4.69, 9.17) is 4.42 Å². The molecule has 0 amide bonds. The van der Waals surface area contributed by atoms with E-state index in [0.29, 0.717) is 0 Å². The van der Waals surface area contributed by atoms with E-state index in [1.807, 2.05) is 0 Å². The minimum atomic E-state index is -0.567. The van der Waals surface area contributed by atoms with Crippen LogP contribution in [-0.2, 0) is 5.41 Å². The molecule has 57 heavy (non-hydrogen) atoms. The molecule has 2 heteroatoms. The van der Waals surface area contributed by atoms with E-state index < -0.39 is 5.41 Å². The predicted molar refractivity (Wildman–Crippen MR) is 236 cm³/mol. The number of para-hydroxylation sites is 2. The van der Waals surface area contributed by atoms with Crippen molar-refractivity contribution in [3.05, 3.63) is 235 Å². The molecule has 2 aromatic heterocycles. The molecule has 0 bridgehead atoms. The van der Waals surface area contributed by atoms with Gasteiger partial charge in [-0.3, -0.25) is 0 Å². The fourth-order valence-electron chi connectivity index (χ4n) is 9.80. The third-order valence-corrected chi connectivity index (χ3v) is 12.3. The summed E-state index contributed by atoms with van der Waals surface area (Å²) in [7, 11) is 0. The molecule has 0 atom stereocenters. The Labute approximate surface area is 330 Å². The number of benzene rings is 9. The maximum Gasteiger partial charge on any atom is 0.135 e. The first kappa shape index (κ1) is 31.9. The maximum atomic E-state index is 6.61. The Kier molecular flexibility index (Phi) is 6.88. The molecule has 0 saturated heterocycles. The van der Waals surface area contributed by atoms with Gasteiger partial charge in [-0.15, -0.1) is 0 Å². The van der Waals surface area contributed by atoms with Crippen molar-refractivity contribution in [2.24, 2.45) is 0 Å². The zero-order chi connectivity index (χ0) is 37.5. The molecule has 2 nitrogen and oxygen atoms in total. The summed E-state index contributed by atoms with van der Waals surface area (Å²) in [4.78, 5) is 0. The molecule has 0 N–H and O–H groups in total. The van der Waals surface area contributed by atoms with Crippen molar-refractivity contribution in [3.63, 3.8) is 0 Å². The van der Waals surface area contributed by atoms with Crippen LogP contribution in [0.3, 0.4) is 0 Å². The lowest BCUT2D eigenvalue weighted by Gasteiger charge is -2.34. The van der Waals surface area contributed by atoms with E-state index in [0.717, 1.165) is 27.6 Å². The van der Waals surface area contributed by atoms with E-state index in [2.05, 4.69) is 217 Å². The van der Waals surface area contributed by atoms with Gasteiger partial charge in [-0.25, -0.2) is 0 Å². The topological polar surface area (TPSA) is 18.1 Å². The molecule has 266 valence electrons. The Morgan fingerprint density at radius 2 is 0.842 bits per heavy atom. The van der Waals surface area contributed by atoms with Crippen LogP contribution in [0.1, 0.15) is 22.3 Å². The monoisotopic (exact) mass is 725 g/mol. The standard InChI is InChI=1S/C55H35NO/c1-2-14-36(15-3-1)37-16-12-17-38(32-37)39-18-13-19-40(33-39)55(49-24-8-4-20-43(49)44-21-5-9-25-50(44)55)41-28-30-53-47(34-41)48-35-42(29-31-54(48)57-53)56-51-26-10-6-22-45(51)46-23-7-11-27-52(46)56/h1-35H. The molecule has 2 heterocycles. The van der Waals surface area contributed by atoms with Crippen LogP contribution >= 0.6 is 0 Å². The van der Waals surface area contributed by atoms with Gasteiger partial charge in [0.25, 0.3) is 0 Å². The maximum absolute atomic E-state index is 6.61. The van der Waals surface area contributed by atoms with Gasteiger partial charge in [0.05, 0.1) is 16.4 Å². The highest BCUT2D eigenvalue weighted by Gasteiger charge is 2.46. The Morgan fingerprint density at radius 3 is 1.54 bits per heavy atom. The van der Waals surface area contributed by atoms with Gasteiger partial charge in [0.1, 0.15) is 11.2 Å². The molecule has 11 aromatic rings. The second-order valence-corrected chi connectivity index (χ2v) is 15.2. The quantitative estimate of drug-likeness (QED) is 0.173. The van der Waals surface area contributed by atoms with Crippen LogP contribution in [0.25, 0.3) is 82.8 Å². The molecular weight excluding hydrogens is 691 g/mol. The number of hydrogen-bond donors (Lipinski definition) is 0. The van der Waals surface area contributed by atoms with E-state index in [9.17, 15) is 0 Å². The van der Waals surface area contributed by atoms with E-state index in [1.165, 1.54) is 77.4 Å². The summed E-state index contributed by atoms with van der Waals surface area (Å²) in [5.74, 6) is 0. The molecule has 0 radical (unpaired) electrons. The smallest absolute Gasteiger partial charge is 0.135 e. The first-order valence-corrected chi connectivity index (χ1v) is 19.7. The lowest BCUT2D eigenvalue weighted by molar-refractivity contribution is 0.668. The van der Waals surface area contributed by atoms with Crippen LogP contribution in [0.4, 0.5) is 0 Å². The number of furan rings is 1. The summed E-state index contributed by atoms with van der Waals surface area (Å²) in [6.45, 7) is 0. The van der Waals surface area contributed by atoms with Crippen molar-refractivity contribution < 1.29 is 4.42 Å². The molecule has 0 spiro atoms. The van der Waals surface area contributed by atoms with Gasteiger partial charge in [-0.2, -0.15) is 0 Å². The molecule has 9 aromatic carbocycles. The van der Waals surface area contributed by atoms with Crippen LogP contribution in [0.15, 0.2) is 217 Å². The number of nitrogens with zero attached hydrogens (tertiary/aromatic N) is 1. The van der Waals surface area contributed by atoms with Crippen molar-refractivity contribution in [3.8, 4) is 39.1 Å². The molecular formula is C55H35NO. The summed E-state index contributed by atoms with van der Waals surface area (Å²) in [6.07, 6.45) is 0. The minimum absolute atomic E-state index is 0.567. The summed E-state index contributed by atoms with van der Waals surface area (Å²) in [5.41, 5.74) is 17.1. The highest BCUT2D eigenvalue weighted by molar-refractivity contribution is 6.10. The van der Waals surface area contributed by atoms with E-state index >= 15 is 0 Å². The predicted octanol–water partition coefficient (Wildman–Crippen LogP) is 14.4. The van der Waals surface area contributed by atoms with Crippen LogP contribution in [0.5, 0.6) is 0 Å². The first-order valence-electron chi connectivity index (χ1n) is 19.7. The third kappa shape index (κ3) is 4.65. The second kappa shape index (κ2) is 12.3. The van der Waals surface area contributed by atoms with Crippen molar-refractivity contribution in [1.82, 2.24) is 4.57 Å². The molecule has 1 aliphatic rings.